The summed E-state index contributed by atoms with van der Waals surface area (Å²) in [5, 5.41) is 1.20. The van der Waals surface area contributed by atoms with E-state index >= 15 is 0 Å². The maximum absolute atomic E-state index is 11.8. The van der Waals surface area contributed by atoms with Gasteiger partial charge in [-0.15, -0.1) is 0 Å². The Kier molecular flexibility index (Phi) is 4.79. The van der Waals surface area contributed by atoms with Crippen LogP contribution < -0.4 is 5.73 Å². The van der Waals surface area contributed by atoms with Crippen LogP contribution in [0.5, 0.6) is 0 Å². The number of fused-ring (bicyclic) bond motifs is 1. The molecule has 20 heavy (non-hydrogen) atoms. The molecule has 2 atom stereocenters. The normalized spacial score (nSPS) is 14.2. The van der Waals surface area contributed by atoms with Gasteiger partial charge >= 0.3 is 5.97 Å². The van der Waals surface area contributed by atoms with Gasteiger partial charge in [-0.1, -0.05) is 31.5 Å². The van der Waals surface area contributed by atoms with Crippen LogP contribution in [0.1, 0.15) is 25.8 Å². The van der Waals surface area contributed by atoms with Gasteiger partial charge in [-0.05, 0) is 30.9 Å². The van der Waals surface area contributed by atoms with E-state index in [4.69, 9.17) is 10.5 Å². The second-order valence-electron chi connectivity index (χ2n) is 5.01. The van der Waals surface area contributed by atoms with E-state index in [-0.39, 0.29) is 11.9 Å². The van der Waals surface area contributed by atoms with Gasteiger partial charge in [0.2, 0.25) is 0 Å². The number of benzene rings is 1. The monoisotopic (exact) mass is 274 g/mol. The average Bonchev–Trinajstić information content (AvgIpc) is 2.87. The fourth-order valence-electron chi connectivity index (χ4n) is 2.54. The number of hydrogen-bond acceptors (Lipinski definition) is 3. The Morgan fingerprint density at radius 3 is 2.80 bits per heavy atom. The van der Waals surface area contributed by atoms with Crippen molar-refractivity contribution < 1.29 is 9.53 Å². The van der Waals surface area contributed by atoms with E-state index in [0.717, 1.165) is 18.4 Å². The third kappa shape index (κ3) is 3.02. The lowest BCUT2D eigenvalue weighted by molar-refractivity contribution is -0.146. The van der Waals surface area contributed by atoms with Crippen LogP contribution >= 0.6 is 0 Å². The molecule has 0 radical (unpaired) electrons. The molecule has 0 bridgehead atoms. The molecule has 0 saturated heterocycles. The third-order valence-electron chi connectivity index (χ3n) is 3.75. The number of para-hydroxylation sites is 1. The Hall–Kier alpha value is -1.81. The van der Waals surface area contributed by atoms with Crippen molar-refractivity contribution in [2.75, 3.05) is 6.61 Å². The van der Waals surface area contributed by atoms with E-state index in [9.17, 15) is 4.79 Å². The average molecular weight is 274 g/mol. The molecule has 2 aromatic rings. The fourth-order valence-corrected chi connectivity index (χ4v) is 2.54. The van der Waals surface area contributed by atoms with Crippen LogP contribution in [0.15, 0.2) is 30.5 Å². The van der Waals surface area contributed by atoms with Crippen LogP contribution in [-0.2, 0) is 16.0 Å². The van der Waals surface area contributed by atoms with Gasteiger partial charge in [0.05, 0.1) is 6.61 Å². The van der Waals surface area contributed by atoms with E-state index < -0.39 is 6.04 Å². The summed E-state index contributed by atoms with van der Waals surface area (Å²) >= 11 is 0. The number of aromatic nitrogens is 1. The lowest BCUT2D eigenvalue weighted by Crippen LogP contribution is -2.40. The predicted octanol–water partition coefficient (Wildman–Crippen LogP) is 2.63. The lowest BCUT2D eigenvalue weighted by atomic mass is 9.90. The maximum atomic E-state index is 11.8. The van der Waals surface area contributed by atoms with Gasteiger partial charge in [-0.3, -0.25) is 4.79 Å². The van der Waals surface area contributed by atoms with E-state index in [2.05, 4.69) is 18.0 Å². The SMILES string of the molecule is CCOC(=O)C(N)C(CC)Cc1c[nH]c2ccccc12. The first-order valence-electron chi connectivity index (χ1n) is 7.14. The second-order valence-corrected chi connectivity index (χ2v) is 5.01. The van der Waals surface area contributed by atoms with E-state index in [1.165, 1.54) is 10.9 Å². The van der Waals surface area contributed by atoms with Crippen LogP contribution in [0.25, 0.3) is 10.9 Å². The summed E-state index contributed by atoms with van der Waals surface area (Å²) in [5.74, 6) is -0.215. The van der Waals surface area contributed by atoms with E-state index in [0.29, 0.717) is 6.61 Å². The number of carbonyl (C=O) groups is 1. The second kappa shape index (κ2) is 6.57. The van der Waals surface area contributed by atoms with Crippen LogP contribution in [0, 0.1) is 5.92 Å². The Labute approximate surface area is 119 Å². The molecule has 0 fully saturated rings. The van der Waals surface area contributed by atoms with Gasteiger partial charge < -0.3 is 15.5 Å². The Morgan fingerprint density at radius 1 is 1.35 bits per heavy atom. The fraction of sp³-hybridized carbons (Fsp3) is 0.438. The first-order valence-corrected chi connectivity index (χ1v) is 7.14. The Balaban J connectivity index is 2.15. The summed E-state index contributed by atoms with van der Waals surface area (Å²) < 4.78 is 5.02. The Morgan fingerprint density at radius 2 is 2.10 bits per heavy atom. The molecule has 1 aromatic carbocycles. The molecule has 4 nitrogen and oxygen atoms in total. The van der Waals surface area contributed by atoms with Gasteiger partial charge in [0, 0.05) is 17.1 Å². The van der Waals surface area contributed by atoms with Crippen LogP contribution in [0.3, 0.4) is 0 Å². The summed E-state index contributed by atoms with van der Waals surface area (Å²) in [5.41, 5.74) is 8.35. The molecular weight excluding hydrogens is 252 g/mol. The van der Waals surface area contributed by atoms with Crippen molar-refractivity contribution >= 4 is 16.9 Å². The molecule has 0 spiro atoms. The highest BCUT2D eigenvalue weighted by Crippen LogP contribution is 2.23. The van der Waals surface area contributed by atoms with Crippen LogP contribution in [-0.4, -0.2) is 23.6 Å². The largest absolute Gasteiger partial charge is 0.465 e. The van der Waals surface area contributed by atoms with E-state index in [1.807, 2.05) is 24.4 Å². The minimum Gasteiger partial charge on any atom is -0.465 e. The summed E-state index contributed by atoms with van der Waals surface area (Å²) in [4.78, 5) is 15.0. The molecule has 0 saturated carbocycles. The smallest absolute Gasteiger partial charge is 0.323 e. The number of rotatable bonds is 6. The van der Waals surface area contributed by atoms with Crippen molar-refractivity contribution in [3.8, 4) is 0 Å². The molecule has 2 unspecified atom stereocenters. The number of H-pyrrole nitrogens is 1. The summed E-state index contributed by atoms with van der Waals surface area (Å²) in [7, 11) is 0. The van der Waals surface area contributed by atoms with Gasteiger partial charge in [-0.25, -0.2) is 0 Å². The molecule has 0 amide bonds. The quantitative estimate of drug-likeness (QED) is 0.796. The van der Waals surface area contributed by atoms with Gasteiger partial charge in [0.1, 0.15) is 6.04 Å². The molecule has 1 aromatic heterocycles. The minimum atomic E-state index is -0.561. The number of ether oxygens (including phenoxy) is 1. The van der Waals surface area contributed by atoms with Crippen molar-refractivity contribution in [2.45, 2.75) is 32.7 Å². The zero-order valence-corrected chi connectivity index (χ0v) is 12.1. The molecule has 1 heterocycles. The van der Waals surface area contributed by atoms with Crippen molar-refractivity contribution in [1.82, 2.24) is 4.98 Å². The lowest BCUT2D eigenvalue weighted by Gasteiger charge is -2.20. The highest BCUT2D eigenvalue weighted by atomic mass is 16.5. The topological polar surface area (TPSA) is 68.1 Å². The molecule has 4 heteroatoms. The molecule has 108 valence electrons. The van der Waals surface area contributed by atoms with E-state index in [1.54, 1.807) is 6.92 Å². The number of aromatic amines is 1. The standard InChI is InChI=1S/C16H22N2O2/c1-3-11(15(17)16(19)20-4-2)9-12-10-18-14-8-6-5-7-13(12)14/h5-8,10-11,15,18H,3-4,9,17H2,1-2H3. The summed E-state index contributed by atoms with van der Waals surface area (Å²) in [6.07, 6.45) is 3.63. The zero-order valence-electron chi connectivity index (χ0n) is 12.1. The Bertz CT molecular complexity index is 577. The summed E-state index contributed by atoms with van der Waals surface area (Å²) in [6.45, 7) is 4.22. The van der Waals surface area contributed by atoms with Crippen molar-refractivity contribution in [3.05, 3.63) is 36.0 Å². The molecular formula is C16H22N2O2. The predicted molar refractivity (Wildman–Crippen MR) is 80.4 cm³/mol. The number of nitrogens with one attached hydrogen (secondary N) is 1. The third-order valence-corrected chi connectivity index (χ3v) is 3.75. The van der Waals surface area contributed by atoms with Gasteiger partial charge in [0.25, 0.3) is 0 Å². The molecule has 2 rings (SSSR count). The van der Waals surface area contributed by atoms with Crippen LogP contribution in [0.2, 0.25) is 0 Å². The maximum Gasteiger partial charge on any atom is 0.323 e. The highest BCUT2D eigenvalue weighted by molar-refractivity contribution is 5.83. The molecule has 0 aliphatic carbocycles. The number of nitrogens with two attached hydrogens (primary N) is 1. The molecule has 0 aliphatic rings. The first-order chi connectivity index (χ1) is 9.67. The minimum absolute atomic E-state index is 0.0910. The molecule has 0 aliphatic heterocycles. The highest BCUT2D eigenvalue weighted by Gasteiger charge is 2.25. The number of carbonyl (C=O) groups excluding carboxylic acids is 1. The van der Waals surface area contributed by atoms with Gasteiger partial charge in [-0.2, -0.15) is 0 Å². The first kappa shape index (κ1) is 14.6. The number of esters is 1. The van der Waals surface area contributed by atoms with Crippen molar-refractivity contribution in [1.29, 1.82) is 0 Å². The zero-order chi connectivity index (χ0) is 14.5. The summed E-state index contributed by atoms with van der Waals surface area (Å²) in [6, 6.07) is 7.60. The van der Waals surface area contributed by atoms with Gasteiger partial charge in [0.15, 0.2) is 0 Å². The van der Waals surface area contributed by atoms with Crippen molar-refractivity contribution in [3.63, 3.8) is 0 Å². The number of hydrogen-bond donors (Lipinski definition) is 2. The molecule has 3 N–H and O–H groups in total. The van der Waals surface area contributed by atoms with Crippen LogP contribution in [0.4, 0.5) is 0 Å². The van der Waals surface area contributed by atoms with Crippen molar-refractivity contribution in [2.24, 2.45) is 11.7 Å².